The van der Waals surface area contributed by atoms with Crippen LogP contribution in [0.3, 0.4) is 0 Å². The monoisotopic (exact) mass is 410 g/mol. The van der Waals surface area contributed by atoms with Gasteiger partial charge >= 0.3 is 0 Å². The molecule has 0 radical (unpaired) electrons. The van der Waals surface area contributed by atoms with Crippen LogP contribution < -0.4 is 9.64 Å². The second-order valence-corrected chi connectivity index (χ2v) is 7.83. The Kier molecular flexibility index (Phi) is 6.87. The minimum absolute atomic E-state index is 0.0466. The maximum absolute atomic E-state index is 13.2. The lowest BCUT2D eigenvalue weighted by Gasteiger charge is -2.31. The van der Waals surface area contributed by atoms with Gasteiger partial charge in [-0.3, -0.25) is 4.79 Å². The number of morpholine rings is 1. The summed E-state index contributed by atoms with van der Waals surface area (Å²) in [6, 6.07) is 15.7. The normalized spacial score (nSPS) is 19.0. The number of hydrogen-bond donors (Lipinski definition) is 0. The molecule has 2 heterocycles. The van der Waals surface area contributed by atoms with Crippen molar-refractivity contribution in [1.82, 2.24) is 4.90 Å². The molecule has 4 rings (SSSR count). The van der Waals surface area contributed by atoms with E-state index in [-0.39, 0.29) is 12.0 Å². The molecule has 2 aliphatic heterocycles. The fourth-order valence-corrected chi connectivity index (χ4v) is 4.02. The van der Waals surface area contributed by atoms with E-state index in [0.29, 0.717) is 24.5 Å². The van der Waals surface area contributed by atoms with Gasteiger partial charge in [0.25, 0.3) is 5.91 Å². The van der Waals surface area contributed by atoms with Crippen molar-refractivity contribution < 1.29 is 19.0 Å². The zero-order valence-corrected chi connectivity index (χ0v) is 17.6. The van der Waals surface area contributed by atoms with E-state index in [4.69, 9.17) is 14.2 Å². The van der Waals surface area contributed by atoms with Crippen molar-refractivity contribution in [2.24, 2.45) is 0 Å². The van der Waals surface area contributed by atoms with E-state index in [9.17, 15) is 4.79 Å². The van der Waals surface area contributed by atoms with Crippen molar-refractivity contribution in [2.45, 2.75) is 25.5 Å². The number of ether oxygens (including phenoxy) is 3. The van der Waals surface area contributed by atoms with Gasteiger partial charge in [0.05, 0.1) is 24.9 Å². The first-order chi connectivity index (χ1) is 14.7. The zero-order chi connectivity index (χ0) is 20.8. The highest BCUT2D eigenvalue weighted by Crippen LogP contribution is 2.25. The van der Waals surface area contributed by atoms with Gasteiger partial charge in [0.1, 0.15) is 12.4 Å². The Morgan fingerprint density at radius 2 is 1.87 bits per heavy atom. The van der Waals surface area contributed by atoms with Crippen LogP contribution in [0.1, 0.15) is 28.8 Å². The van der Waals surface area contributed by atoms with Crippen molar-refractivity contribution in [3.8, 4) is 5.75 Å². The van der Waals surface area contributed by atoms with Crippen LogP contribution in [0, 0.1) is 0 Å². The van der Waals surface area contributed by atoms with Crippen LogP contribution in [0.4, 0.5) is 5.69 Å². The molecule has 1 unspecified atom stereocenters. The molecule has 0 aromatic heterocycles. The molecule has 2 aliphatic rings. The largest absolute Gasteiger partial charge is 0.490 e. The predicted molar refractivity (Wildman–Crippen MR) is 116 cm³/mol. The van der Waals surface area contributed by atoms with Gasteiger partial charge in [0.2, 0.25) is 0 Å². The molecule has 1 atom stereocenters. The topological polar surface area (TPSA) is 51.2 Å². The van der Waals surface area contributed by atoms with E-state index in [2.05, 4.69) is 17.0 Å². The second-order valence-electron chi connectivity index (χ2n) is 7.83. The minimum atomic E-state index is -0.0466. The number of carbonyl (C=O) groups excluding carboxylic acids is 1. The van der Waals surface area contributed by atoms with Crippen LogP contribution in [-0.2, 0) is 16.0 Å². The number of hydrogen-bond acceptors (Lipinski definition) is 5. The van der Waals surface area contributed by atoms with Crippen molar-refractivity contribution in [2.75, 3.05) is 51.5 Å². The minimum Gasteiger partial charge on any atom is -0.490 e. The molecule has 0 bridgehead atoms. The summed E-state index contributed by atoms with van der Waals surface area (Å²) in [6.45, 7) is 5.01. The van der Waals surface area contributed by atoms with Crippen LogP contribution in [0.5, 0.6) is 5.75 Å². The van der Waals surface area contributed by atoms with Gasteiger partial charge in [-0.15, -0.1) is 0 Å². The van der Waals surface area contributed by atoms with Crippen LogP contribution in [0.25, 0.3) is 0 Å². The number of nitrogens with zero attached hydrogens (tertiary/aromatic N) is 2. The summed E-state index contributed by atoms with van der Waals surface area (Å²) in [5, 5.41) is 0. The van der Waals surface area contributed by atoms with Gasteiger partial charge in [-0.1, -0.05) is 30.3 Å². The van der Waals surface area contributed by atoms with Crippen molar-refractivity contribution in [1.29, 1.82) is 0 Å². The first-order valence-electron chi connectivity index (χ1n) is 10.7. The molecule has 0 spiro atoms. The summed E-state index contributed by atoms with van der Waals surface area (Å²) in [4.78, 5) is 17.3. The van der Waals surface area contributed by atoms with E-state index in [1.54, 1.807) is 4.90 Å². The summed E-state index contributed by atoms with van der Waals surface area (Å²) in [6.07, 6.45) is 2.19. The molecule has 2 fully saturated rings. The highest BCUT2D eigenvalue weighted by Gasteiger charge is 2.21. The van der Waals surface area contributed by atoms with E-state index in [1.807, 2.05) is 43.4 Å². The molecular formula is C24H30N2O4. The van der Waals surface area contributed by atoms with Gasteiger partial charge in [0.15, 0.2) is 0 Å². The Hall–Kier alpha value is -2.57. The summed E-state index contributed by atoms with van der Waals surface area (Å²) in [5.74, 6) is 0.570. The Bertz CT molecular complexity index is 845. The Morgan fingerprint density at radius 3 is 2.67 bits per heavy atom. The lowest BCUT2D eigenvalue weighted by Crippen LogP contribution is -2.37. The second kappa shape index (κ2) is 9.96. The van der Waals surface area contributed by atoms with Crippen LogP contribution in [0.2, 0.25) is 0 Å². The summed E-state index contributed by atoms with van der Waals surface area (Å²) in [5.41, 5.74) is 2.89. The molecule has 160 valence electrons. The fourth-order valence-electron chi connectivity index (χ4n) is 4.02. The summed E-state index contributed by atoms with van der Waals surface area (Å²) in [7, 11) is 1.84. The highest BCUT2D eigenvalue weighted by molar-refractivity contribution is 5.96. The number of amides is 1. The highest BCUT2D eigenvalue weighted by atomic mass is 16.5. The van der Waals surface area contributed by atoms with Gasteiger partial charge in [0, 0.05) is 39.0 Å². The number of carbonyl (C=O) groups is 1. The molecule has 0 N–H and O–H groups in total. The molecule has 6 nitrogen and oxygen atoms in total. The number of para-hydroxylation sites is 2. The van der Waals surface area contributed by atoms with E-state index < -0.39 is 0 Å². The zero-order valence-electron chi connectivity index (χ0n) is 17.6. The molecule has 2 aromatic carbocycles. The first kappa shape index (κ1) is 20.7. The van der Waals surface area contributed by atoms with E-state index in [1.165, 1.54) is 5.69 Å². The molecule has 2 aromatic rings. The third-order valence-corrected chi connectivity index (χ3v) is 5.66. The third-order valence-electron chi connectivity index (χ3n) is 5.66. The number of benzene rings is 2. The Labute approximate surface area is 178 Å². The first-order valence-corrected chi connectivity index (χ1v) is 10.7. The average Bonchev–Trinajstić information content (AvgIpc) is 3.32. The lowest BCUT2D eigenvalue weighted by atomic mass is 10.1. The van der Waals surface area contributed by atoms with Gasteiger partial charge in [-0.2, -0.15) is 0 Å². The van der Waals surface area contributed by atoms with E-state index >= 15 is 0 Å². The number of anilines is 1. The SMILES string of the molecule is CN(Cc1ccccc1N1CCOCC1)C(=O)c1ccccc1OCC1CCCO1. The Balaban J connectivity index is 1.45. The maximum atomic E-state index is 13.2. The molecule has 0 saturated carbocycles. The standard InChI is InChI=1S/C24H30N2O4/c1-25(17-19-7-2-4-10-22(19)26-12-15-28-16-13-26)24(27)21-9-3-5-11-23(21)30-18-20-8-6-14-29-20/h2-5,7,9-11,20H,6,8,12-18H2,1H3. The van der Waals surface area contributed by atoms with E-state index in [0.717, 1.165) is 51.3 Å². The van der Waals surface area contributed by atoms with Crippen molar-refractivity contribution in [3.05, 3.63) is 59.7 Å². The number of rotatable bonds is 7. The van der Waals surface area contributed by atoms with Gasteiger partial charge in [-0.05, 0) is 36.6 Å². The fraction of sp³-hybridized carbons (Fsp3) is 0.458. The predicted octanol–water partition coefficient (Wildman–Crippen LogP) is 3.35. The Morgan fingerprint density at radius 1 is 1.10 bits per heavy atom. The smallest absolute Gasteiger partial charge is 0.257 e. The molecule has 0 aliphatic carbocycles. The van der Waals surface area contributed by atoms with Crippen LogP contribution >= 0.6 is 0 Å². The lowest BCUT2D eigenvalue weighted by molar-refractivity contribution is 0.0656. The van der Waals surface area contributed by atoms with Gasteiger partial charge in [-0.25, -0.2) is 0 Å². The molecule has 6 heteroatoms. The third kappa shape index (κ3) is 4.94. The summed E-state index contributed by atoms with van der Waals surface area (Å²) >= 11 is 0. The molecule has 2 saturated heterocycles. The average molecular weight is 411 g/mol. The quantitative estimate of drug-likeness (QED) is 0.701. The maximum Gasteiger partial charge on any atom is 0.257 e. The molecule has 1 amide bonds. The van der Waals surface area contributed by atoms with Crippen molar-refractivity contribution in [3.63, 3.8) is 0 Å². The van der Waals surface area contributed by atoms with Gasteiger partial charge < -0.3 is 24.0 Å². The van der Waals surface area contributed by atoms with Crippen molar-refractivity contribution >= 4 is 11.6 Å². The van der Waals surface area contributed by atoms with Crippen LogP contribution in [0.15, 0.2) is 48.5 Å². The molecular weight excluding hydrogens is 380 g/mol. The molecule has 30 heavy (non-hydrogen) atoms. The summed E-state index contributed by atoms with van der Waals surface area (Å²) < 4.78 is 17.1. The van der Waals surface area contributed by atoms with Crippen LogP contribution in [-0.4, -0.2) is 63.5 Å².